The van der Waals surface area contributed by atoms with Gasteiger partial charge in [-0.2, -0.15) is 0 Å². The molecule has 1 aromatic rings. The van der Waals surface area contributed by atoms with Crippen LogP contribution in [-0.4, -0.2) is 41.8 Å². The Kier molecular flexibility index (Phi) is 5.33. The first-order valence-electron chi connectivity index (χ1n) is 5.59. The van der Waals surface area contributed by atoms with E-state index in [-0.39, 0.29) is 18.1 Å². The van der Waals surface area contributed by atoms with Crippen LogP contribution < -0.4 is 15.4 Å². The van der Waals surface area contributed by atoms with Gasteiger partial charge in [-0.15, -0.1) is 0 Å². The molecule has 0 bridgehead atoms. The highest BCUT2D eigenvalue weighted by Gasteiger charge is 2.21. The zero-order valence-corrected chi connectivity index (χ0v) is 10.6. The monoisotopic (exact) mass is 282 g/mol. The number of carboxylic acids is 1. The van der Waals surface area contributed by atoms with E-state index in [9.17, 15) is 14.4 Å². The van der Waals surface area contributed by atoms with E-state index in [1.54, 1.807) is 0 Å². The van der Waals surface area contributed by atoms with Crippen LogP contribution >= 0.6 is 0 Å². The Bertz CT molecular complexity index is 499. The van der Waals surface area contributed by atoms with E-state index in [1.807, 2.05) is 5.32 Å². The van der Waals surface area contributed by atoms with Crippen LogP contribution in [0.2, 0.25) is 0 Å². The van der Waals surface area contributed by atoms with Crippen LogP contribution in [0.3, 0.4) is 0 Å². The highest BCUT2D eigenvalue weighted by Crippen LogP contribution is 2.18. The second kappa shape index (κ2) is 6.98. The molecule has 0 radical (unpaired) electrons. The molecule has 108 valence electrons. The lowest BCUT2D eigenvalue weighted by atomic mass is 10.1. The van der Waals surface area contributed by atoms with Gasteiger partial charge in [0.2, 0.25) is 0 Å². The number of rotatable bonds is 6. The SMILES string of the molecule is CNC(=O)COc1ccc(C(NC(=O)O)C(=O)O)cc1. The van der Waals surface area contributed by atoms with Gasteiger partial charge >= 0.3 is 12.1 Å². The van der Waals surface area contributed by atoms with E-state index in [0.29, 0.717) is 5.75 Å². The van der Waals surface area contributed by atoms with Gasteiger partial charge in [0.1, 0.15) is 5.75 Å². The van der Waals surface area contributed by atoms with Crippen molar-refractivity contribution in [3.8, 4) is 5.75 Å². The van der Waals surface area contributed by atoms with Gasteiger partial charge in [-0.05, 0) is 17.7 Å². The number of carbonyl (C=O) groups is 3. The molecule has 0 aliphatic heterocycles. The number of carbonyl (C=O) groups excluding carboxylic acids is 1. The van der Waals surface area contributed by atoms with Crippen LogP contribution in [-0.2, 0) is 9.59 Å². The Morgan fingerprint density at radius 1 is 1.20 bits per heavy atom. The number of ether oxygens (including phenoxy) is 1. The van der Waals surface area contributed by atoms with Crippen LogP contribution in [0.1, 0.15) is 11.6 Å². The topological polar surface area (TPSA) is 125 Å². The molecule has 0 saturated carbocycles. The first-order valence-corrected chi connectivity index (χ1v) is 5.59. The van der Waals surface area contributed by atoms with Gasteiger partial charge in [0.15, 0.2) is 12.6 Å². The van der Waals surface area contributed by atoms with Gasteiger partial charge in [-0.25, -0.2) is 9.59 Å². The number of hydrogen-bond donors (Lipinski definition) is 4. The van der Waals surface area contributed by atoms with Crippen molar-refractivity contribution in [2.45, 2.75) is 6.04 Å². The minimum atomic E-state index is -1.43. The van der Waals surface area contributed by atoms with Crippen LogP contribution in [0.5, 0.6) is 5.75 Å². The van der Waals surface area contributed by atoms with Gasteiger partial charge in [0.05, 0.1) is 0 Å². The van der Waals surface area contributed by atoms with Crippen LogP contribution in [0.4, 0.5) is 4.79 Å². The van der Waals surface area contributed by atoms with Gasteiger partial charge in [0.25, 0.3) is 5.91 Å². The van der Waals surface area contributed by atoms with Crippen molar-refractivity contribution >= 4 is 18.0 Å². The fourth-order valence-electron chi connectivity index (χ4n) is 1.39. The van der Waals surface area contributed by atoms with Crippen molar-refractivity contribution < 1.29 is 29.3 Å². The quantitative estimate of drug-likeness (QED) is 0.591. The minimum absolute atomic E-state index is 0.161. The molecule has 0 aromatic heterocycles. The van der Waals surface area contributed by atoms with Gasteiger partial charge in [0, 0.05) is 7.05 Å². The lowest BCUT2D eigenvalue weighted by Gasteiger charge is -2.13. The maximum Gasteiger partial charge on any atom is 0.405 e. The maximum absolute atomic E-state index is 11.0. The molecule has 1 atom stereocenters. The van der Waals surface area contributed by atoms with E-state index in [2.05, 4.69) is 5.32 Å². The summed E-state index contributed by atoms with van der Waals surface area (Å²) in [6.45, 7) is -0.161. The van der Waals surface area contributed by atoms with E-state index in [4.69, 9.17) is 14.9 Å². The molecule has 4 N–H and O–H groups in total. The zero-order valence-electron chi connectivity index (χ0n) is 10.6. The zero-order chi connectivity index (χ0) is 15.1. The van der Waals surface area contributed by atoms with Crippen LogP contribution in [0.15, 0.2) is 24.3 Å². The third-order valence-electron chi connectivity index (χ3n) is 2.38. The predicted octanol–water partition coefficient (Wildman–Crippen LogP) is 0.205. The predicted molar refractivity (Wildman–Crippen MR) is 67.5 cm³/mol. The van der Waals surface area contributed by atoms with Gasteiger partial charge in [-0.3, -0.25) is 4.79 Å². The Balaban J connectivity index is 2.75. The molecule has 2 amide bonds. The third-order valence-corrected chi connectivity index (χ3v) is 2.38. The molecule has 0 fully saturated rings. The number of likely N-dealkylation sites (N-methyl/N-ethyl adjacent to an activating group) is 1. The molecule has 8 heteroatoms. The average molecular weight is 282 g/mol. The lowest BCUT2D eigenvalue weighted by Crippen LogP contribution is -2.32. The first-order chi connectivity index (χ1) is 9.43. The normalized spacial score (nSPS) is 11.2. The number of carboxylic acid groups (broad SMARTS) is 2. The fourth-order valence-corrected chi connectivity index (χ4v) is 1.39. The molecule has 0 aliphatic carbocycles. The van der Waals surface area contributed by atoms with Gasteiger partial charge < -0.3 is 25.6 Å². The van der Waals surface area contributed by atoms with E-state index in [1.165, 1.54) is 31.3 Å². The molecule has 1 unspecified atom stereocenters. The molecule has 0 saturated heterocycles. The summed E-state index contributed by atoms with van der Waals surface area (Å²) in [6, 6.07) is 4.37. The summed E-state index contributed by atoms with van der Waals surface area (Å²) in [6.07, 6.45) is -1.43. The Morgan fingerprint density at radius 2 is 1.80 bits per heavy atom. The summed E-state index contributed by atoms with van der Waals surface area (Å²) in [5.41, 5.74) is 0.257. The Hall–Kier alpha value is -2.77. The summed E-state index contributed by atoms with van der Waals surface area (Å²) in [7, 11) is 1.48. The molecule has 1 rings (SSSR count). The second-order valence-corrected chi connectivity index (χ2v) is 3.75. The largest absolute Gasteiger partial charge is 0.484 e. The van der Waals surface area contributed by atoms with Crippen molar-refractivity contribution in [1.82, 2.24) is 10.6 Å². The smallest absolute Gasteiger partial charge is 0.405 e. The lowest BCUT2D eigenvalue weighted by molar-refractivity contribution is -0.139. The molecule has 1 aromatic carbocycles. The molecule has 0 heterocycles. The molecule has 8 nitrogen and oxygen atoms in total. The number of nitrogens with one attached hydrogen (secondary N) is 2. The van der Waals surface area contributed by atoms with Gasteiger partial charge in [-0.1, -0.05) is 12.1 Å². The summed E-state index contributed by atoms with van der Waals surface area (Å²) in [5.74, 6) is -1.24. The molecule has 0 spiro atoms. The molecule has 0 aliphatic rings. The highest BCUT2D eigenvalue weighted by atomic mass is 16.5. The number of hydrogen-bond acceptors (Lipinski definition) is 4. The number of amides is 2. The van der Waals surface area contributed by atoms with Crippen molar-refractivity contribution in [3.05, 3.63) is 29.8 Å². The second-order valence-electron chi connectivity index (χ2n) is 3.75. The van der Waals surface area contributed by atoms with E-state index in [0.717, 1.165) is 0 Å². The fraction of sp³-hybridized carbons (Fsp3) is 0.250. The van der Waals surface area contributed by atoms with Crippen molar-refractivity contribution in [2.24, 2.45) is 0 Å². The molecular formula is C12H14N2O6. The molecule has 20 heavy (non-hydrogen) atoms. The van der Waals surface area contributed by atoms with Crippen molar-refractivity contribution in [3.63, 3.8) is 0 Å². The minimum Gasteiger partial charge on any atom is -0.484 e. The Labute approximate surface area is 114 Å². The third kappa shape index (κ3) is 4.48. The van der Waals surface area contributed by atoms with Crippen molar-refractivity contribution in [1.29, 1.82) is 0 Å². The maximum atomic E-state index is 11.0. The van der Waals surface area contributed by atoms with E-state index >= 15 is 0 Å². The highest BCUT2D eigenvalue weighted by molar-refractivity contribution is 5.80. The van der Waals surface area contributed by atoms with Crippen molar-refractivity contribution in [2.75, 3.05) is 13.7 Å². The Morgan fingerprint density at radius 3 is 2.25 bits per heavy atom. The first kappa shape index (κ1) is 15.3. The number of benzene rings is 1. The molecular weight excluding hydrogens is 268 g/mol. The average Bonchev–Trinajstić information content (AvgIpc) is 2.42. The number of aliphatic carboxylic acids is 1. The summed E-state index contributed by atoms with van der Waals surface area (Å²) in [4.78, 5) is 32.5. The van der Waals surface area contributed by atoms with Crippen LogP contribution in [0.25, 0.3) is 0 Å². The summed E-state index contributed by atoms with van der Waals surface area (Å²) < 4.78 is 5.14. The van der Waals surface area contributed by atoms with E-state index < -0.39 is 18.1 Å². The standard InChI is InChI=1S/C12H14N2O6/c1-13-9(15)6-20-8-4-2-7(3-5-8)10(11(16)17)14-12(18)19/h2-5,10,14H,6H2,1H3,(H,13,15)(H,16,17)(H,18,19). The summed E-state index contributed by atoms with van der Waals surface area (Å²) >= 11 is 0. The van der Waals surface area contributed by atoms with Crippen LogP contribution in [0, 0.1) is 0 Å². The summed E-state index contributed by atoms with van der Waals surface area (Å²) in [5, 5.41) is 21.8.